The van der Waals surface area contributed by atoms with Crippen molar-refractivity contribution in [3.63, 3.8) is 0 Å². The molecular formula is C32H48N4O3. The number of carbonyl (C=O) groups is 2. The summed E-state index contributed by atoms with van der Waals surface area (Å²) < 4.78 is 5.27. The summed E-state index contributed by atoms with van der Waals surface area (Å²) in [5.74, 6) is 1.67. The Bertz CT molecular complexity index is 1010. The third-order valence-corrected chi connectivity index (χ3v) is 7.64. The molecule has 0 aliphatic carbocycles. The second-order valence-electron chi connectivity index (χ2n) is 11.4. The van der Waals surface area contributed by atoms with E-state index >= 15 is 0 Å². The van der Waals surface area contributed by atoms with Gasteiger partial charge in [-0.25, -0.2) is 0 Å². The number of benzene rings is 2. The van der Waals surface area contributed by atoms with Gasteiger partial charge >= 0.3 is 0 Å². The Labute approximate surface area is 235 Å². The molecular weight excluding hydrogens is 488 g/mol. The fraction of sp³-hybridized carbons (Fsp3) is 0.562. The second kappa shape index (κ2) is 15.8. The van der Waals surface area contributed by atoms with Gasteiger partial charge in [-0.3, -0.25) is 14.5 Å². The summed E-state index contributed by atoms with van der Waals surface area (Å²) in [5.41, 5.74) is 4.02. The summed E-state index contributed by atoms with van der Waals surface area (Å²) in [4.78, 5) is 28.6. The van der Waals surface area contributed by atoms with Crippen LogP contribution in [0.4, 0.5) is 0 Å². The van der Waals surface area contributed by atoms with Gasteiger partial charge < -0.3 is 20.3 Å². The average Bonchev–Trinajstić information content (AvgIpc) is 2.96. The highest BCUT2D eigenvalue weighted by atomic mass is 16.5. The van der Waals surface area contributed by atoms with E-state index < -0.39 is 0 Å². The van der Waals surface area contributed by atoms with Crippen LogP contribution in [0, 0.1) is 5.92 Å². The summed E-state index contributed by atoms with van der Waals surface area (Å²) in [6.07, 6.45) is 2.37. The lowest BCUT2D eigenvalue weighted by molar-refractivity contribution is 0.0334. The zero-order chi connectivity index (χ0) is 28.2. The lowest BCUT2D eigenvalue weighted by Crippen LogP contribution is -2.43. The summed E-state index contributed by atoms with van der Waals surface area (Å²) in [6, 6.07) is 15.8. The molecule has 4 rings (SSSR count). The van der Waals surface area contributed by atoms with Gasteiger partial charge in [0, 0.05) is 30.8 Å². The molecule has 0 unspecified atom stereocenters. The maximum absolute atomic E-state index is 12.1. The van der Waals surface area contributed by atoms with Crippen molar-refractivity contribution in [2.24, 2.45) is 5.92 Å². The molecule has 2 fully saturated rings. The molecule has 7 heteroatoms. The van der Waals surface area contributed by atoms with Crippen molar-refractivity contribution in [3.05, 3.63) is 70.8 Å². The van der Waals surface area contributed by atoms with Crippen molar-refractivity contribution in [3.8, 4) is 0 Å². The molecule has 39 heavy (non-hydrogen) atoms. The van der Waals surface area contributed by atoms with E-state index in [-0.39, 0.29) is 11.8 Å². The Kier molecular flexibility index (Phi) is 12.4. The first-order valence-corrected chi connectivity index (χ1v) is 14.5. The van der Waals surface area contributed by atoms with E-state index in [2.05, 4.69) is 67.3 Å². The molecule has 2 aromatic carbocycles. The lowest BCUT2D eigenvalue weighted by Gasteiger charge is -2.28. The summed E-state index contributed by atoms with van der Waals surface area (Å²) in [5, 5.41) is 6.02. The van der Waals surface area contributed by atoms with Crippen LogP contribution in [0.1, 0.15) is 84.2 Å². The monoisotopic (exact) mass is 536 g/mol. The maximum Gasteiger partial charge on any atom is 0.252 e. The van der Waals surface area contributed by atoms with Gasteiger partial charge in [0.25, 0.3) is 11.8 Å². The average molecular weight is 537 g/mol. The van der Waals surface area contributed by atoms with Gasteiger partial charge in [0.15, 0.2) is 0 Å². The molecule has 2 N–H and O–H groups in total. The molecule has 2 aromatic rings. The first-order chi connectivity index (χ1) is 18.7. The molecule has 2 aliphatic heterocycles. The van der Waals surface area contributed by atoms with E-state index in [1.54, 1.807) is 0 Å². The van der Waals surface area contributed by atoms with E-state index in [0.29, 0.717) is 24.4 Å². The Morgan fingerprint density at radius 2 is 1.23 bits per heavy atom. The fourth-order valence-corrected chi connectivity index (χ4v) is 4.69. The number of nitrogens with zero attached hydrogens (tertiary/aromatic N) is 2. The summed E-state index contributed by atoms with van der Waals surface area (Å²) >= 11 is 0. The molecule has 2 amide bonds. The number of likely N-dealkylation sites (tertiary alicyclic amines) is 1. The van der Waals surface area contributed by atoms with Crippen LogP contribution in [0.25, 0.3) is 0 Å². The van der Waals surface area contributed by atoms with E-state index in [0.717, 1.165) is 57.1 Å². The van der Waals surface area contributed by atoms with Crippen LogP contribution in [-0.2, 0) is 4.74 Å². The first-order valence-electron chi connectivity index (χ1n) is 14.5. The van der Waals surface area contributed by atoms with E-state index in [4.69, 9.17) is 4.74 Å². The predicted octanol–water partition coefficient (Wildman–Crippen LogP) is 4.71. The van der Waals surface area contributed by atoms with Crippen molar-refractivity contribution >= 4 is 11.8 Å². The SMILES string of the molecule is CC(C)c1ccc(C(=O)NCC2CCN(C)CC2)cc1.CC(C)c1ccc(C(=O)NCN2CCOCC2)cc1. The quantitative estimate of drug-likeness (QED) is 0.511. The van der Waals surface area contributed by atoms with Crippen molar-refractivity contribution in [2.45, 2.75) is 52.4 Å². The van der Waals surface area contributed by atoms with E-state index in [9.17, 15) is 9.59 Å². The van der Waals surface area contributed by atoms with Crippen molar-refractivity contribution < 1.29 is 14.3 Å². The number of ether oxygens (including phenoxy) is 1. The van der Waals surface area contributed by atoms with Gasteiger partial charge in [-0.15, -0.1) is 0 Å². The maximum atomic E-state index is 12.1. The minimum absolute atomic E-state index is 0.0122. The number of carbonyl (C=O) groups excluding carboxylic acids is 2. The Balaban J connectivity index is 0.000000216. The number of morpholine rings is 1. The molecule has 0 spiro atoms. The molecule has 214 valence electrons. The molecule has 2 saturated heterocycles. The smallest absolute Gasteiger partial charge is 0.252 e. The topological polar surface area (TPSA) is 73.9 Å². The molecule has 2 heterocycles. The van der Waals surface area contributed by atoms with Crippen molar-refractivity contribution in [1.82, 2.24) is 20.4 Å². The van der Waals surface area contributed by atoms with E-state index in [1.165, 1.54) is 24.0 Å². The number of rotatable bonds is 8. The standard InChI is InChI=1S/C17H26N2O.C15H22N2O2/c1-13(2)15-4-6-16(7-5-15)17(20)18-12-14-8-10-19(3)11-9-14;1-12(2)13-3-5-14(6-4-13)15(18)16-11-17-7-9-19-10-8-17/h4-7,13-14H,8-12H2,1-3H3,(H,18,20);3-6,12H,7-11H2,1-2H3,(H,16,18). The Hall–Kier alpha value is -2.74. The Morgan fingerprint density at radius 3 is 1.69 bits per heavy atom. The zero-order valence-corrected chi connectivity index (χ0v) is 24.5. The predicted molar refractivity (Wildman–Crippen MR) is 158 cm³/mol. The normalized spacial score (nSPS) is 17.0. The summed E-state index contributed by atoms with van der Waals surface area (Å²) in [6.45, 7) is 15.6. The molecule has 0 bridgehead atoms. The third-order valence-electron chi connectivity index (χ3n) is 7.64. The van der Waals surface area contributed by atoms with Crippen LogP contribution in [0.3, 0.4) is 0 Å². The fourth-order valence-electron chi connectivity index (χ4n) is 4.69. The van der Waals surface area contributed by atoms with Crippen LogP contribution in [0.15, 0.2) is 48.5 Å². The van der Waals surface area contributed by atoms with Crippen molar-refractivity contribution in [1.29, 1.82) is 0 Å². The largest absolute Gasteiger partial charge is 0.379 e. The molecule has 0 aromatic heterocycles. The van der Waals surface area contributed by atoms with Gasteiger partial charge in [0.2, 0.25) is 0 Å². The highest BCUT2D eigenvalue weighted by Crippen LogP contribution is 2.17. The third kappa shape index (κ3) is 10.4. The second-order valence-corrected chi connectivity index (χ2v) is 11.4. The zero-order valence-electron chi connectivity index (χ0n) is 24.5. The van der Waals surface area contributed by atoms with Gasteiger partial charge in [-0.1, -0.05) is 52.0 Å². The highest BCUT2D eigenvalue weighted by molar-refractivity contribution is 5.94. The van der Waals surface area contributed by atoms with Gasteiger partial charge in [0.1, 0.15) is 0 Å². The van der Waals surface area contributed by atoms with Crippen LogP contribution in [-0.4, -0.2) is 81.3 Å². The number of amides is 2. The van der Waals surface area contributed by atoms with E-state index in [1.807, 2.05) is 36.4 Å². The number of hydrogen-bond donors (Lipinski definition) is 2. The number of piperidine rings is 1. The molecule has 7 nitrogen and oxygen atoms in total. The van der Waals surface area contributed by atoms with Crippen LogP contribution < -0.4 is 10.6 Å². The molecule has 0 atom stereocenters. The lowest BCUT2D eigenvalue weighted by atomic mass is 9.97. The number of hydrogen-bond acceptors (Lipinski definition) is 5. The van der Waals surface area contributed by atoms with Gasteiger partial charge in [0.05, 0.1) is 19.9 Å². The van der Waals surface area contributed by atoms with Crippen LogP contribution in [0.5, 0.6) is 0 Å². The van der Waals surface area contributed by atoms with Gasteiger partial charge in [-0.2, -0.15) is 0 Å². The van der Waals surface area contributed by atoms with Crippen LogP contribution >= 0.6 is 0 Å². The molecule has 0 radical (unpaired) electrons. The Morgan fingerprint density at radius 1 is 0.769 bits per heavy atom. The minimum Gasteiger partial charge on any atom is -0.379 e. The molecule has 2 aliphatic rings. The first kappa shape index (κ1) is 30.8. The van der Waals surface area contributed by atoms with Gasteiger partial charge in [-0.05, 0) is 86.1 Å². The van der Waals surface area contributed by atoms with Crippen LogP contribution in [0.2, 0.25) is 0 Å². The highest BCUT2D eigenvalue weighted by Gasteiger charge is 2.17. The molecule has 0 saturated carbocycles. The minimum atomic E-state index is -0.0122. The number of nitrogens with one attached hydrogen (secondary N) is 2. The van der Waals surface area contributed by atoms with Crippen molar-refractivity contribution in [2.75, 3.05) is 59.7 Å². The summed E-state index contributed by atoms with van der Waals surface area (Å²) in [7, 11) is 2.16.